The van der Waals surface area contributed by atoms with Crippen LogP contribution in [0.4, 0.5) is 0 Å². The third kappa shape index (κ3) is 26.4. The van der Waals surface area contributed by atoms with Crippen molar-refractivity contribution in [3.63, 3.8) is 0 Å². The summed E-state index contributed by atoms with van der Waals surface area (Å²) in [6, 6.07) is 0. The molecule has 0 aliphatic heterocycles. The molecule has 0 fully saturated rings. The van der Waals surface area contributed by atoms with E-state index in [2.05, 4.69) is 0 Å². The summed E-state index contributed by atoms with van der Waals surface area (Å²) >= 11 is 0. The van der Waals surface area contributed by atoms with Crippen LogP contribution in [0.25, 0.3) is 0 Å². The second-order valence-corrected chi connectivity index (χ2v) is 1.33. The van der Waals surface area contributed by atoms with E-state index in [0.717, 1.165) is 0 Å². The van der Waals surface area contributed by atoms with Gasteiger partial charge in [-0.15, -0.1) is 0 Å². The van der Waals surface area contributed by atoms with Crippen LogP contribution in [0, 0.1) is 0 Å². The Morgan fingerprint density at radius 1 is 1.60 bits per heavy atom. The van der Waals surface area contributed by atoms with Crippen molar-refractivity contribution in [2.45, 2.75) is 20.0 Å². The molecule has 5 heteroatoms. The number of carbonyl (C=O) groups is 1. The van der Waals surface area contributed by atoms with Crippen molar-refractivity contribution in [3.05, 3.63) is 0 Å². The summed E-state index contributed by atoms with van der Waals surface area (Å²) in [5.74, 6) is -1.19. The standard InChI is InChI=1S/C3H6O3.C2H6O.H3N/c1-2(4)3(5)6;1-2-3;/h2,4H,1H3,(H,5,6);3H,2H2,1H3;1H3. The predicted molar refractivity (Wildman–Crippen MR) is 37.1 cm³/mol. The summed E-state index contributed by atoms with van der Waals surface area (Å²) in [5.41, 5.74) is 0. The van der Waals surface area contributed by atoms with Gasteiger partial charge in [0.1, 0.15) is 6.10 Å². The normalized spacial score (nSPS) is 10.0. The molecular weight excluding hydrogens is 138 g/mol. The molecule has 5 nitrogen and oxygen atoms in total. The first kappa shape index (κ1) is 16.2. The van der Waals surface area contributed by atoms with E-state index in [-0.39, 0.29) is 12.8 Å². The van der Waals surface area contributed by atoms with Crippen LogP contribution < -0.4 is 6.15 Å². The fourth-order valence-corrected chi connectivity index (χ4v) is 0. The third-order valence-corrected chi connectivity index (χ3v) is 0.357. The highest BCUT2D eigenvalue weighted by molar-refractivity contribution is 5.71. The van der Waals surface area contributed by atoms with Crippen LogP contribution in [0.15, 0.2) is 0 Å². The van der Waals surface area contributed by atoms with Gasteiger partial charge in [-0.05, 0) is 13.8 Å². The Kier molecular flexibility index (Phi) is 18.1. The van der Waals surface area contributed by atoms with E-state index in [1.165, 1.54) is 6.92 Å². The van der Waals surface area contributed by atoms with Crippen LogP contribution >= 0.6 is 0 Å². The maximum absolute atomic E-state index is 9.45. The van der Waals surface area contributed by atoms with Crippen LogP contribution in [-0.2, 0) is 4.79 Å². The van der Waals surface area contributed by atoms with Crippen LogP contribution in [0.3, 0.4) is 0 Å². The minimum absolute atomic E-state index is 0. The van der Waals surface area contributed by atoms with Gasteiger partial charge in [-0.25, -0.2) is 4.79 Å². The van der Waals surface area contributed by atoms with E-state index in [9.17, 15) is 4.79 Å². The zero-order chi connectivity index (χ0) is 7.86. The van der Waals surface area contributed by atoms with Crippen molar-refractivity contribution >= 4 is 5.97 Å². The average molecular weight is 153 g/mol. The van der Waals surface area contributed by atoms with Gasteiger partial charge in [0.05, 0.1) is 0 Å². The van der Waals surface area contributed by atoms with Crippen molar-refractivity contribution in [2.24, 2.45) is 0 Å². The maximum atomic E-state index is 9.45. The molecule has 0 aliphatic carbocycles. The second kappa shape index (κ2) is 11.2. The summed E-state index contributed by atoms with van der Waals surface area (Å²) in [7, 11) is 0. The van der Waals surface area contributed by atoms with Crippen molar-refractivity contribution in [1.82, 2.24) is 6.15 Å². The minimum Gasteiger partial charge on any atom is -0.479 e. The van der Waals surface area contributed by atoms with E-state index in [4.69, 9.17) is 15.3 Å². The fourth-order valence-electron chi connectivity index (χ4n) is 0. The van der Waals surface area contributed by atoms with Crippen molar-refractivity contribution in [2.75, 3.05) is 6.61 Å². The molecule has 0 bridgehead atoms. The lowest BCUT2D eigenvalue weighted by molar-refractivity contribution is -0.145. The lowest BCUT2D eigenvalue weighted by atomic mass is 10.4. The molecule has 0 aromatic heterocycles. The van der Waals surface area contributed by atoms with E-state index in [1.807, 2.05) is 0 Å². The monoisotopic (exact) mass is 153 g/mol. The lowest BCUT2D eigenvalue weighted by Crippen LogP contribution is -2.13. The highest BCUT2D eigenvalue weighted by Crippen LogP contribution is 1.73. The zero-order valence-corrected chi connectivity index (χ0v) is 6.24. The van der Waals surface area contributed by atoms with Crippen LogP contribution in [-0.4, -0.2) is 34.0 Å². The summed E-state index contributed by atoms with van der Waals surface area (Å²) < 4.78 is 0. The molecular formula is C5H15NO4. The van der Waals surface area contributed by atoms with Gasteiger partial charge >= 0.3 is 5.97 Å². The van der Waals surface area contributed by atoms with Gasteiger partial charge in [-0.2, -0.15) is 0 Å². The molecule has 0 rings (SSSR count). The van der Waals surface area contributed by atoms with Gasteiger partial charge in [-0.1, -0.05) is 0 Å². The quantitative estimate of drug-likeness (QED) is 0.410. The Bertz CT molecular complexity index is 74.0. The van der Waals surface area contributed by atoms with Crippen LogP contribution in [0.5, 0.6) is 0 Å². The van der Waals surface area contributed by atoms with Gasteiger partial charge in [0.25, 0.3) is 0 Å². The Morgan fingerprint density at radius 3 is 1.70 bits per heavy atom. The van der Waals surface area contributed by atoms with Gasteiger partial charge in [-0.3, -0.25) is 0 Å². The van der Waals surface area contributed by atoms with Crippen molar-refractivity contribution in [1.29, 1.82) is 0 Å². The molecule has 64 valence electrons. The molecule has 6 N–H and O–H groups in total. The number of hydrogen-bond donors (Lipinski definition) is 4. The molecule has 1 atom stereocenters. The molecule has 0 saturated heterocycles. The largest absolute Gasteiger partial charge is 0.479 e. The number of carboxylic acids is 1. The highest BCUT2D eigenvalue weighted by atomic mass is 16.4. The molecule has 0 radical (unpaired) electrons. The fraction of sp³-hybridized carbons (Fsp3) is 0.800. The van der Waals surface area contributed by atoms with Gasteiger partial charge in [0, 0.05) is 6.61 Å². The first-order valence-corrected chi connectivity index (χ1v) is 2.58. The smallest absolute Gasteiger partial charge is 0.332 e. The molecule has 0 aromatic rings. The number of hydrogen-bond acceptors (Lipinski definition) is 4. The average Bonchev–Trinajstić information content (AvgIpc) is 1.68. The van der Waals surface area contributed by atoms with E-state index in [0.29, 0.717) is 0 Å². The number of aliphatic hydroxyl groups excluding tert-OH is 2. The van der Waals surface area contributed by atoms with E-state index >= 15 is 0 Å². The maximum Gasteiger partial charge on any atom is 0.332 e. The first-order valence-electron chi connectivity index (χ1n) is 2.58. The molecule has 0 saturated carbocycles. The molecule has 0 aliphatic rings. The molecule has 1 unspecified atom stereocenters. The van der Waals surface area contributed by atoms with Crippen LogP contribution in [0.2, 0.25) is 0 Å². The summed E-state index contributed by atoms with van der Waals surface area (Å²) in [5, 5.41) is 23.3. The topological polar surface area (TPSA) is 113 Å². The third-order valence-electron chi connectivity index (χ3n) is 0.357. The summed E-state index contributed by atoms with van der Waals surface area (Å²) in [6.45, 7) is 3.13. The molecule has 10 heavy (non-hydrogen) atoms. The number of rotatable bonds is 1. The van der Waals surface area contributed by atoms with E-state index in [1.54, 1.807) is 6.92 Å². The Morgan fingerprint density at radius 2 is 1.70 bits per heavy atom. The Labute approximate surface area is 59.9 Å². The molecule has 0 amide bonds. The van der Waals surface area contributed by atoms with Gasteiger partial charge in [0.15, 0.2) is 0 Å². The van der Waals surface area contributed by atoms with E-state index < -0.39 is 12.1 Å². The number of aliphatic hydroxyl groups is 2. The lowest BCUT2D eigenvalue weighted by Gasteiger charge is -1.89. The first-order chi connectivity index (χ1) is 4.06. The Hall–Kier alpha value is -0.650. The highest BCUT2D eigenvalue weighted by Gasteiger charge is 2.01. The molecule has 0 heterocycles. The van der Waals surface area contributed by atoms with Crippen molar-refractivity contribution < 1.29 is 20.1 Å². The van der Waals surface area contributed by atoms with Crippen LogP contribution in [0.1, 0.15) is 13.8 Å². The van der Waals surface area contributed by atoms with Gasteiger partial charge < -0.3 is 21.5 Å². The predicted octanol–water partition coefficient (Wildman–Crippen LogP) is -0.388. The van der Waals surface area contributed by atoms with Crippen molar-refractivity contribution in [3.8, 4) is 0 Å². The summed E-state index contributed by atoms with van der Waals surface area (Å²) in [4.78, 5) is 9.45. The Balaban J connectivity index is -0.000000107. The zero-order valence-electron chi connectivity index (χ0n) is 6.24. The molecule has 0 aromatic carbocycles. The molecule has 0 spiro atoms. The SMILES string of the molecule is CC(O)C(=O)O.CCO.N. The second-order valence-electron chi connectivity index (χ2n) is 1.33. The summed E-state index contributed by atoms with van der Waals surface area (Å²) in [6.07, 6.45) is -1.23. The van der Waals surface area contributed by atoms with Gasteiger partial charge in [0.2, 0.25) is 0 Å². The number of carboxylic acid groups (broad SMARTS) is 1. The number of aliphatic carboxylic acids is 1. The minimum atomic E-state index is -1.23.